The molecule has 1 aromatic heterocycles. The van der Waals surface area contributed by atoms with Crippen molar-refractivity contribution in [2.45, 2.75) is 13.1 Å². The van der Waals surface area contributed by atoms with Crippen LogP contribution in [0.5, 0.6) is 0 Å². The summed E-state index contributed by atoms with van der Waals surface area (Å²) in [6, 6.07) is 7.08. The molecule has 1 aromatic carbocycles. The van der Waals surface area contributed by atoms with Crippen molar-refractivity contribution in [2.24, 2.45) is 5.73 Å². The first-order valence-electron chi connectivity index (χ1n) is 5.91. The van der Waals surface area contributed by atoms with E-state index in [1.807, 2.05) is 0 Å². The maximum absolute atomic E-state index is 13.0. The molecule has 0 bridgehead atoms. The van der Waals surface area contributed by atoms with Crippen molar-refractivity contribution in [3.8, 4) is 11.1 Å². The topological polar surface area (TPSA) is 76.0 Å². The van der Waals surface area contributed by atoms with Gasteiger partial charge in [-0.1, -0.05) is 29.8 Å². The molecule has 0 aliphatic carbocycles. The van der Waals surface area contributed by atoms with Crippen molar-refractivity contribution < 1.29 is 18.0 Å². The Morgan fingerprint density at radius 3 is 2.24 bits per heavy atom. The van der Waals surface area contributed by atoms with E-state index in [2.05, 4.69) is 0 Å². The summed E-state index contributed by atoms with van der Waals surface area (Å²) in [6.07, 6.45) is -4.75. The summed E-state index contributed by atoms with van der Waals surface area (Å²) in [5.74, 6) is -1.08. The molecule has 2 aromatic rings. The summed E-state index contributed by atoms with van der Waals surface area (Å²) in [7, 11) is 0. The number of aromatic amines is 1. The maximum Gasteiger partial charge on any atom is 0.431 e. The number of hydrogen-bond donors (Lipinski definition) is 2. The highest BCUT2D eigenvalue weighted by molar-refractivity contribution is 5.93. The maximum atomic E-state index is 13.0. The number of nitrogens with two attached hydrogens (primary N) is 1. The Kier molecular flexibility index (Phi) is 3.59. The van der Waals surface area contributed by atoms with Gasteiger partial charge in [-0.15, -0.1) is 0 Å². The van der Waals surface area contributed by atoms with E-state index in [4.69, 9.17) is 5.73 Å². The largest absolute Gasteiger partial charge is 0.431 e. The highest BCUT2D eigenvalue weighted by atomic mass is 19.4. The molecule has 7 heteroatoms. The molecule has 1 heterocycles. The molecule has 0 atom stereocenters. The second-order valence-electron chi connectivity index (χ2n) is 4.53. The van der Waals surface area contributed by atoms with Gasteiger partial charge in [-0.05, 0) is 18.6 Å². The first-order chi connectivity index (χ1) is 9.70. The molecule has 4 nitrogen and oxygen atoms in total. The third kappa shape index (κ3) is 2.96. The monoisotopic (exact) mass is 296 g/mol. The third-order valence-corrected chi connectivity index (χ3v) is 2.95. The summed E-state index contributed by atoms with van der Waals surface area (Å²) in [6.45, 7) is 1.79. The summed E-state index contributed by atoms with van der Waals surface area (Å²) >= 11 is 0. The minimum absolute atomic E-state index is 0.228. The van der Waals surface area contributed by atoms with E-state index < -0.39 is 28.9 Å². The predicted molar refractivity (Wildman–Crippen MR) is 70.8 cm³/mol. The number of alkyl halides is 3. The smallest absolute Gasteiger partial charge is 0.365 e. The molecule has 110 valence electrons. The van der Waals surface area contributed by atoms with Crippen LogP contribution in [0.4, 0.5) is 13.2 Å². The minimum Gasteiger partial charge on any atom is -0.365 e. The number of rotatable bonds is 2. The van der Waals surface area contributed by atoms with Gasteiger partial charge in [-0.2, -0.15) is 13.2 Å². The Labute approximate surface area is 117 Å². The van der Waals surface area contributed by atoms with Gasteiger partial charge in [0.15, 0.2) is 0 Å². The fourth-order valence-electron chi connectivity index (χ4n) is 1.90. The molecule has 0 saturated carbocycles. The van der Waals surface area contributed by atoms with Gasteiger partial charge in [-0.25, -0.2) is 0 Å². The van der Waals surface area contributed by atoms with Crippen LogP contribution in [0.2, 0.25) is 0 Å². The molecule has 3 N–H and O–H groups in total. The predicted octanol–water partition coefficient (Wildman–Crippen LogP) is 2.47. The van der Waals surface area contributed by atoms with Crippen molar-refractivity contribution in [1.82, 2.24) is 4.98 Å². The first-order valence-corrected chi connectivity index (χ1v) is 5.91. The van der Waals surface area contributed by atoms with E-state index in [-0.39, 0.29) is 11.1 Å². The quantitative estimate of drug-likeness (QED) is 0.893. The highest BCUT2D eigenvalue weighted by Crippen LogP contribution is 2.35. The lowest BCUT2D eigenvalue weighted by Crippen LogP contribution is -2.27. The van der Waals surface area contributed by atoms with Gasteiger partial charge in [0.25, 0.3) is 11.5 Å². The van der Waals surface area contributed by atoms with Crippen LogP contribution in [0, 0.1) is 6.92 Å². The van der Waals surface area contributed by atoms with Crippen LogP contribution in [-0.4, -0.2) is 10.9 Å². The lowest BCUT2D eigenvalue weighted by Gasteiger charge is -2.13. The van der Waals surface area contributed by atoms with Gasteiger partial charge in [0.1, 0.15) is 11.3 Å². The molecule has 1 amide bonds. The molecule has 0 fully saturated rings. The van der Waals surface area contributed by atoms with Crippen molar-refractivity contribution in [3.63, 3.8) is 0 Å². The van der Waals surface area contributed by atoms with E-state index in [1.165, 1.54) is 12.1 Å². The number of carbonyl (C=O) groups excluding carboxylic acids is 1. The average Bonchev–Trinajstić information content (AvgIpc) is 2.38. The van der Waals surface area contributed by atoms with Crippen LogP contribution in [0.15, 0.2) is 35.1 Å². The molecule has 0 saturated heterocycles. The number of carbonyl (C=O) groups is 1. The van der Waals surface area contributed by atoms with Gasteiger partial charge in [0.05, 0.1) is 0 Å². The Bertz CT molecular complexity index is 746. The lowest BCUT2D eigenvalue weighted by atomic mass is 10.0. The van der Waals surface area contributed by atoms with Crippen LogP contribution in [0.3, 0.4) is 0 Å². The highest BCUT2D eigenvalue weighted by Gasteiger charge is 2.36. The number of hydrogen-bond acceptors (Lipinski definition) is 2. The van der Waals surface area contributed by atoms with Crippen molar-refractivity contribution >= 4 is 5.91 Å². The normalized spacial score (nSPS) is 11.4. The van der Waals surface area contributed by atoms with Crippen molar-refractivity contribution in [2.75, 3.05) is 0 Å². The van der Waals surface area contributed by atoms with Gasteiger partial charge in [-0.3, -0.25) is 9.59 Å². The standard InChI is InChI=1S/C14H11F3N2O2/c1-7-2-4-8(5-3-7)9-6-10(12(18)20)13(21)19-11(9)14(15,16)17/h2-6H,1H3,(H2,18,20)(H,19,21). The van der Waals surface area contributed by atoms with Crippen LogP contribution >= 0.6 is 0 Å². The molecule has 0 spiro atoms. The van der Waals surface area contributed by atoms with Crippen LogP contribution in [0.1, 0.15) is 21.6 Å². The Morgan fingerprint density at radius 2 is 1.76 bits per heavy atom. The van der Waals surface area contributed by atoms with Crippen LogP contribution < -0.4 is 11.3 Å². The molecule has 0 aliphatic rings. The van der Waals surface area contributed by atoms with Crippen molar-refractivity contribution in [1.29, 1.82) is 0 Å². The second kappa shape index (κ2) is 5.08. The van der Waals surface area contributed by atoms with Gasteiger partial charge in [0, 0.05) is 5.56 Å². The Hall–Kier alpha value is -2.57. The van der Waals surface area contributed by atoms with Crippen molar-refractivity contribution in [3.05, 3.63) is 57.5 Å². The molecular weight excluding hydrogens is 285 g/mol. The number of aromatic nitrogens is 1. The second-order valence-corrected chi connectivity index (χ2v) is 4.53. The van der Waals surface area contributed by atoms with Gasteiger partial charge < -0.3 is 10.7 Å². The van der Waals surface area contributed by atoms with E-state index >= 15 is 0 Å². The first kappa shape index (κ1) is 14.8. The summed E-state index contributed by atoms with van der Waals surface area (Å²) in [5.41, 5.74) is 2.92. The number of nitrogens with one attached hydrogen (secondary N) is 1. The third-order valence-electron chi connectivity index (χ3n) is 2.95. The summed E-state index contributed by atoms with van der Waals surface area (Å²) in [5, 5.41) is 0. The van der Waals surface area contributed by atoms with E-state index in [9.17, 15) is 22.8 Å². The van der Waals surface area contributed by atoms with Gasteiger partial charge >= 0.3 is 6.18 Å². The number of aryl methyl sites for hydroxylation is 1. The summed E-state index contributed by atoms with van der Waals surface area (Å²) < 4.78 is 39.1. The van der Waals surface area contributed by atoms with E-state index in [0.717, 1.165) is 11.6 Å². The minimum atomic E-state index is -4.75. The average molecular weight is 296 g/mol. The Morgan fingerprint density at radius 1 is 1.19 bits per heavy atom. The zero-order valence-corrected chi connectivity index (χ0v) is 10.9. The zero-order chi connectivity index (χ0) is 15.8. The number of primary amides is 1. The van der Waals surface area contributed by atoms with E-state index in [0.29, 0.717) is 0 Å². The van der Waals surface area contributed by atoms with Gasteiger partial charge in [0.2, 0.25) is 0 Å². The molecule has 21 heavy (non-hydrogen) atoms. The molecule has 0 unspecified atom stereocenters. The number of amides is 1. The molecule has 0 aliphatic heterocycles. The van der Waals surface area contributed by atoms with E-state index in [1.54, 1.807) is 24.0 Å². The number of H-pyrrole nitrogens is 1. The Balaban J connectivity index is 2.77. The number of benzene rings is 1. The molecule has 0 radical (unpaired) electrons. The SMILES string of the molecule is Cc1ccc(-c2cc(C(N)=O)c(=O)[nH]c2C(F)(F)F)cc1. The fourth-order valence-corrected chi connectivity index (χ4v) is 1.90. The fraction of sp³-hybridized carbons (Fsp3) is 0.143. The number of halogens is 3. The summed E-state index contributed by atoms with van der Waals surface area (Å²) in [4.78, 5) is 24.3. The zero-order valence-electron chi connectivity index (χ0n) is 10.9. The lowest BCUT2D eigenvalue weighted by molar-refractivity contribution is -0.140. The van der Waals surface area contributed by atoms with Crippen LogP contribution in [-0.2, 0) is 6.18 Å². The number of pyridine rings is 1. The van der Waals surface area contributed by atoms with Crippen LogP contribution in [0.25, 0.3) is 11.1 Å². The molecule has 2 rings (SSSR count). The molecular formula is C14H11F3N2O2.